The molecule has 1 rings (SSSR count). The number of hydrogen-bond acceptors (Lipinski definition) is 4. The Morgan fingerprint density at radius 3 is 2.78 bits per heavy atom. The fraction of sp³-hybridized carbons (Fsp3) is 0.462. The number of ether oxygens (including phenoxy) is 2. The molecule has 0 aliphatic rings. The van der Waals surface area contributed by atoms with Gasteiger partial charge in [0.25, 0.3) is 0 Å². The van der Waals surface area contributed by atoms with Gasteiger partial charge in [-0.2, -0.15) is 0 Å². The van der Waals surface area contributed by atoms with Gasteiger partial charge in [-0.3, -0.25) is 4.79 Å². The van der Waals surface area contributed by atoms with Crippen molar-refractivity contribution in [1.82, 2.24) is 0 Å². The molecule has 1 aromatic carbocycles. The lowest BCUT2D eigenvalue weighted by Crippen LogP contribution is -2.22. The van der Waals surface area contributed by atoms with E-state index in [-0.39, 0.29) is 18.6 Å². The highest BCUT2D eigenvalue weighted by Gasteiger charge is 2.08. The summed E-state index contributed by atoms with van der Waals surface area (Å²) < 4.78 is 10.4. The molecule has 100 valence electrons. The van der Waals surface area contributed by atoms with Crippen LogP contribution in [-0.2, 0) is 9.53 Å². The van der Waals surface area contributed by atoms with E-state index in [1.165, 1.54) is 0 Å². The van der Waals surface area contributed by atoms with Gasteiger partial charge in [0.05, 0.1) is 24.6 Å². The molecule has 1 unspecified atom stereocenters. The maximum absolute atomic E-state index is 11.6. The first kappa shape index (κ1) is 14.3. The molecule has 0 heterocycles. The van der Waals surface area contributed by atoms with Crippen molar-refractivity contribution in [3.8, 4) is 5.75 Å². The minimum Gasteiger partial charge on any atom is -0.497 e. The summed E-state index contributed by atoms with van der Waals surface area (Å²) in [5.41, 5.74) is 6.82. The molecule has 0 aliphatic heterocycles. The molecule has 0 spiro atoms. The molecule has 18 heavy (non-hydrogen) atoms. The minimum absolute atomic E-state index is 0.0282. The number of methoxy groups -OCH3 is 1. The summed E-state index contributed by atoms with van der Waals surface area (Å²) in [7, 11) is 1.56. The van der Waals surface area contributed by atoms with Crippen LogP contribution in [-0.4, -0.2) is 25.7 Å². The third-order valence-corrected chi connectivity index (χ3v) is 2.61. The van der Waals surface area contributed by atoms with Crippen molar-refractivity contribution < 1.29 is 14.3 Å². The average Bonchev–Trinajstić information content (AvgIpc) is 2.38. The van der Waals surface area contributed by atoms with Crippen LogP contribution in [0.5, 0.6) is 5.75 Å². The van der Waals surface area contributed by atoms with Crippen LogP contribution < -0.4 is 15.8 Å². The first-order chi connectivity index (χ1) is 8.56. The Hall–Kier alpha value is -1.75. The van der Waals surface area contributed by atoms with Crippen LogP contribution >= 0.6 is 0 Å². The van der Waals surface area contributed by atoms with Crippen molar-refractivity contribution >= 4 is 17.3 Å². The monoisotopic (exact) mass is 252 g/mol. The summed E-state index contributed by atoms with van der Waals surface area (Å²) in [6, 6.07) is 5.10. The normalized spacial score (nSPS) is 11.9. The summed E-state index contributed by atoms with van der Waals surface area (Å²) >= 11 is 0. The van der Waals surface area contributed by atoms with E-state index in [1.54, 1.807) is 25.3 Å². The molecule has 0 saturated heterocycles. The number of amides is 1. The highest BCUT2D eigenvalue weighted by molar-refractivity contribution is 5.94. The Morgan fingerprint density at radius 2 is 2.22 bits per heavy atom. The lowest BCUT2D eigenvalue weighted by atomic mass is 10.2. The van der Waals surface area contributed by atoms with Crippen molar-refractivity contribution in [2.75, 3.05) is 24.8 Å². The number of anilines is 2. The predicted octanol–water partition coefficient (Wildman–Crippen LogP) is 2.03. The van der Waals surface area contributed by atoms with E-state index in [9.17, 15) is 4.79 Å². The van der Waals surface area contributed by atoms with Crippen LogP contribution in [0.1, 0.15) is 20.3 Å². The zero-order chi connectivity index (χ0) is 13.5. The fourth-order valence-corrected chi connectivity index (χ4v) is 1.30. The lowest BCUT2D eigenvalue weighted by molar-refractivity contribution is -0.122. The van der Waals surface area contributed by atoms with Crippen molar-refractivity contribution in [3.05, 3.63) is 18.2 Å². The smallest absolute Gasteiger partial charge is 0.250 e. The van der Waals surface area contributed by atoms with Gasteiger partial charge in [-0.1, -0.05) is 6.92 Å². The van der Waals surface area contributed by atoms with Gasteiger partial charge in [-0.15, -0.1) is 0 Å². The molecule has 1 aromatic rings. The molecule has 0 radical (unpaired) electrons. The zero-order valence-electron chi connectivity index (χ0n) is 11.0. The van der Waals surface area contributed by atoms with Crippen molar-refractivity contribution in [2.45, 2.75) is 26.4 Å². The van der Waals surface area contributed by atoms with Crippen LogP contribution in [0.25, 0.3) is 0 Å². The van der Waals surface area contributed by atoms with Gasteiger partial charge in [0.1, 0.15) is 12.4 Å². The lowest BCUT2D eigenvalue weighted by Gasteiger charge is -2.12. The number of carbonyl (C=O) groups excluding carboxylic acids is 1. The van der Waals surface area contributed by atoms with Gasteiger partial charge in [-0.25, -0.2) is 0 Å². The fourth-order valence-electron chi connectivity index (χ4n) is 1.30. The van der Waals surface area contributed by atoms with Crippen molar-refractivity contribution in [2.24, 2.45) is 0 Å². The van der Waals surface area contributed by atoms with E-state index in [0.29, 0.717) is 17.1 Å². The number of nitrogens with one attached hydrogen (secondary N) is 1. The Morgan fingerprint density at radius 1 is 1.50 bits per heavy atom. The van der Waals surface area contributed by atoms with E-state index in [0.717, 1.165) is 6.42 Å². The molecule has 0 saturated carbocycles. The number of hydrogen-bond donors (Lipinski definition) is 2. The van der Waals surface area contributed by atoms with Crippen molar-refractivity contribution in [3.63, 3.8) is 0 Å². The van der Waals surface area contributed by atoms with Gasteiger partial charge in [0.15, 0.2) is 0 Å². The quantitative estimate of drug-likeness (QED) is 0.760. The van der Waals surface area contributed by atoms with Gasteiger partial charge >= 0.3 is 0 Å². The van der Waals surface area contributed by atoms with E-state index < -0.39 is 0 Å². The maximum Gasteiger partial charge on any atom is 0.250 e. The Labute approximate surface area is 107 Å². The summed E-state index contributed by atoms with van der Waals surface area (Å²) in [6.07, 6.45) is 0.946. The molecule has 0 aliphatic carbocycles. The standard InChI is InChI=1S/C13H20N2O3/c1-4-9(2)18-8-13(16)15-12-6-5-10(17-3)7-11(12)14/h5-7,9H,4,8,14H2,1-3H3,(H,15,16). The Bertz CT molecular complexity index is 407. The van der Waals surface area contributed by atoms with E-state index in [1.807, 2.05) is 13.8 Å². The molecule has 0 aromatic heterocycles. The first-order valence-electron chi connectivity index (χ1n) is 5.91. The number of benzene rings is 1. The molecule has 5 nitrogen and oxygen atoms in total. The van der Waals surface area contributed by atoms with Crippen LogP contribution in [0, 0.1) is 0 Å². The third-order valence-electron chi connectivity index (χ3n) is 2.61. The number of carbonyl (C=O) groups is 1. The summed E-state index contributed by atoms with van der Waals surface area (Å²) in [5.74, 6) is 0.438. The second-order valence-electron chi connectivity index (χ2n) is 4.03. The van der Waals surface area contributed by atoms with Gasteiger partial charge < -0.3 is 20.5 Å². The van der Waals surface area contributed by atoms with Crippen molar-refractivity contribution in [1.29, 1.82) is 0 Å². The first-order valence-corrected chi connectivity index (χ1v) is 5.91. The highest BCUT2D eigenvalue weighted by atomic mass is 16.5. The number of rotatable bonds is 6. The molecule has 0 fully saturated rings. The molecule has 1 amide bonds. The largest absolute Gasteiger partial charge is 0.497 e. The molecular formula is C13H20N2O3. The topological polar surface area (TPSA) is 73.6 Å². The molecule has 1 atom stereocenters. The van der Waals surface area contributed by atoms with Gasteiger partial charge in [0, 0.05) is 6.07 Å². The van der Waals surface area contributed by atoms with Crippen LogP contribution in [0.4, 0.5) is 11.4 Å². The minimum atomic E-state index is -0.216. The third kappa shape index (κ3) is 4.25. The van der Waals surface area contributed by atoms with Gasteiger partial charge in [0.2, 0.25) is 5.91 Å². The van der Waals surface area contributed by atoms with E-state index in [4.69, 9.17) is 15.2 Å². The second-order valence-corrected chi connectivity index (χ2v) is 4.03. The molecule has 3 N–H and O–H groups in total. The van der Waals surface area contributed by atoms with Crippen LogP contribution in [0.15, 0.2) is 18.2 Å². The SMILES string of the molecule is CCC(C)OCC(=O)Nc1ccc(OC)cc1N. The molecule has 0 bridgehead atoms. The van der Waals surface area contributed by atoms with Crippen LogP contribution in [0.3, 0.4) is 0 Å². The zero-order valence-corrected chi connectivity index (χ0v) is 11.0. The summed E-state index contributed by atoms with van der Waals surface area (Å²) in [5, 5.41) is 2.70. The Kier molecular flexibility index (Phi) is 5.45. The summed E-state index contributed by atoms with van der Waals surface area (Å²) in [4.78, 5) is 11.6. The molecular weight excluding hydrogens is 232 g/mol. The maximum atomic E-state index is 11.6. The van der Waals surface area contributed by atoms with E-state index >= 15 is 0 Å². The van der Waals surface area contributed by atoms with Gasteiger partial charge in [-0.05, 0) is 25.5 Å². The second kappa shape index (κ2) is 6.86. The number of nitrogen functional groups attached to an aromatic ring is 1. The average molecular weight is 252 g/mol. The highest BCUT2D eigenvalue weighted by Crippen LogP contribution is 2.23. The van der Waals surface area contributed by atoms with Crippen LogP contribution in [0.2, 0.25) is 0 Å². The molecule has 5 heteroatoms. The predicted molar refractivity (Wildman–Crippen MR) is 71.7 cm³/mol. The summed E-state index contributed by atoms with van der Waals surface area (Å²) in [6.45, 7) is 3.96. The number of nitrogens with two attached hydrogens (primary N) is 1. The van der Waals surface area contributed by atoms with E-state index in [2.05, 4.69) is 5.32 Å². The Balaban J connectivity index is 2.54.